The highest BCUT2D eigenvalue weighted by Crippen LogP contribution is 2.25. The summed E-state index contributed by atoms with van der Waals surface area (Å²) in [7, 11) is 0. The Balaban J connectivity index is 2.17. The molecule has 0 bridgehead atoms. The van der Waals surface area contributed by atoms with Crippen LogP contribution in [0.3, 0.4) is 0 Å². The van der Waals surface area contributed by atoms with Crippen LogP contribution < -0.4 is 0 Å². The molecule has 0 amide bonds. The van der Waals surface area contributed by atoms with Gasteiger partial charge in [0.2, 0.25) is 0 Å². The topological polar surface area (TPSA) is 0 Å². The van der Waals surface area contributed by atoms with Gasteiger partial charge >= 0.3 is 0 Å². The lowest BCUT2D eigenvalue weighted by Crippen LogP contribution is -1.89. The Morgan fingerprint density at radius 2 is 1.76 bits per heavy atom. The highest BCUT2D eigenvalue weighted by Gasteiger charge is 2.08. The van der Waals surface area contributed by atoms with E-state index >= 15 is 0 Å². The molecule has 0 N–H and O–H groups in total. The van der Waals surface area contributed by atoms with Crippen molar-refractivity contribution in [3.05, 3.63) is 65.7 Å². The van der Waals surface area contributed by atoms with Crippen LogP contribution >= 0.6 is 0 Å². The summed E-state index contributed by atoms with van der Waals surface area (Å²) in [6.07, 6.45) is 6.60. The van der Waals surface area contributed by atoms with Crippen molar-refractivity contribution in [1.29, 1.82) is 0 Å². The van der Waals surface area contributed by atoms with E-state index < -0.39 is 11.6 Å². The summed E-state index contributed by atoms with van der Waals surface area (Å²) in [6.45, 7) is 4.36. The molecule has 1 unspecified atom stereocenters. The minimum atomic E-state index is -0.815. The summed E-state index contributed by atoms with van der Waals surface area (Å²) >= 11 is 0. The van der Waals surface area contributed by atoms with Gasteiger partial charge in [-0.3, -0.25) is 0 Å². The molecule has 0 saturated carbocycles. The van der Waals surface area contributed by atoms with E-state index in [0.717, 1.165) is 11.6 Å². The van der Waals surface area contributed by atoms with Gasteiger partial charge in [0.25, 0.3) is 0 Å². The van der Waals surface area contributed by atoms with Gasteiger partial charge in [-0.05, 0) is 29.5 Å². The molecule has 0 spiro atoms. The quantitative estimate of drug-likeness (QED) is 0.624. The molecule has 0 nitrogen and oxygen atoms in total. The second-order valence-corrected chi connectivity index (χ2v) is 5.35. The molecule has 0 fully saturated rings. The van der Waals surface area contributed by atoms with Crippen LogP contribution in [0.4, 0.5) is 8.78 Å². The maximum absolute atomic E-state index is 13.7. The molecule has 0 aromatic heterocycles. The van der Waals surface area contributed by atoms with Crippen molar-refractivity contribution in [2.45, 2.75) is 26.7 Å². The van der Waals surface area contributed by atoms with Crippen LogP contribution in [0.1, 0.15) is 32.3 Å². The van der Waals surface area contributed by atoms with Crippen LogP contribution in [0, 0.1) is 17.6 Å². The summed E-state index contributed by atoms with van der Waals surface area (Å²) in [5.74, 6) is -1.06. The first kappa shape index (κ1) is 15.4. The fourth-order valence-electron chi connectivity index (χ4n) is 2.33. The molecule has 0 aliphatic heterocycles. The first-order chi connectivity index (χ1) is 10.1. The maximum atomic E-state index is 13.7. The van der Waals surface area contributed by atoms with Crippen molar-refractivity contribution in [2.24, 2.45) is 5.92 Å². The van der Waals surface area contributed by atoms with E-state index in [9.17, 15) is 8.78 Å². The van der Waals surface area contributed by atoms with Crippen molar-refractivity contribution in [1.82, 2.24) is 0 Å². The molecule has 1 atom stereocenters. The molecule has 0 saturated heterocycles. The third-order valence-corrected chi connectivity index (χ3v) is 3.53. The van der Waals surface area contributed by atoms with Crippen LogP contribution in [0.5, 0.6) is 0 Å². The van der Waals surface area contributed by atoms with E-state index in [1.165, 1.54) is 18.9 Å². The standard InChI is InChI=1S/C19H20F2/c1-3-5-14(2)8-9-15-10-12-16(13-11-15)17-6-4-7-18(20)19(17)21/h4,6-14H,3,5H2,1-2H3. The Morgan fingerprint density at radius 1 is 1.05 bits per heavy atom. The first-order valence-corrected chi connectivity index (χ1v) is 7.34. The summed E-state index contributed by atoms with van der Waals surface area (Å²) < 4.78 is 27.0. The second-order valence-electron chi connectivity index (χ2n) is 5.35. The number of benzene rings is 2. The van der Waals surface area contributed by atoms with Crippen molar-refractivity contribution < 1.29 is 8.78 Å². The van der Waals surface area contributed by atoms with Crippen LogP contribution in [0.2, 0.25) is 0 Å². The molecule has 0 heterocycles. The SMILES string of the molecule is CCCC(C)C=Cc1ccc(-c2cccc(F)c2F)cc1. The summed E-state index contributed by atoms with van der Waals surface area (Å²) in [6, 6.07) is 11.7. The van der Waals surface area contributed by atoms with Crippen molar-refractivity contribution in [3.8, 4) is 11.1 Å². The van der Waals surface area contributed by atoms with Gasteiger partial charge in [0.05, 0.1) is 0 Å². The number of allylic oxidation sites excluding steroid dienone is 1. The average molecular weight is 286 g/mol. The predicted octanol–water partition coefficient (Wildman–Crippen LogP) is 6.08. The van der Waals surface area contributed by atoms with Gasteiger partial charge in [-0.25, -0.2) is 8.78 Å². The highest BCUT2D eigenvalue weighted by atomic mass is 19.2. The zero-order chi connectivity index (χ0) is 15.2. The zero-order valence-corrected chi connectivity index (χ0v) is 12.4. The smallest absolute Gasteiger partial charge is 0.166 e. The Morgan fingerprint density at radius 3 is 2.43 bits per heavy atom. The second kappa shape index (κ2) is 7.16. The molecule has 0 aliphatic rings. The average Bonchev–Trinajstić information content (AvgIpc) is 2.49. The zero-order valence-electron chi connectivity index (χ0n) is 12.4. The van der Waals surface area contributed by atoms with Gasteiger partial charge in [-0.1, -0.05) is 68.8 Å². The van der Waals surface area contributed by atoms with Gasteiger partial charge in [0.1, 0.15) is 0 Å². The monoisotopic (exact) mass is 286 g/mol. The lowest BCUT2D eigenvalue weighted by Gasteiger charge is -2.05. The van der Waals surface area contributed by atoms with Crippen LogP contribution in [0.25, 0.3) is 17.2 Å². The molecule has 110 valence electrons. The molecule has 2 aromatic carbocycles. The normalized spacial score (nSPS) is 12.8. The highest BCUT2D eigenvalue weighted by molar-refractivity contribution is 5.66. The number of hydrogen-bond donors (Lipinski definition) is 0. The Kier molecular flexibility index (Phi) is 5.26. The largest absolute Gasteiger partial charge is 0.204 e. The van der Waals surface area contributed by atoms with E-state index in [-0.39, 0.29) is 0 Å². The lowest BCUT2D eigenvalue weighted by molar-refractivity contribution is 0.511. The van der Waals surface area contributed by atoms with Gasteiger partial charge < -0.3 is 0 Å². The molecule has 2 rings (SSSR count). The van der Waals surface area contributed by atoms with Crippen LogP contribution in [-0.2, 0) is 0 Å². The Hall–Kier alpha value is -1.96. The molecule has 2 aromatic rings. The van der Waals surface area contributed by atoms with Crippen molar-refractivity contribution in [3.63, 3.8) is 0 Å². The molecule has 21 heavy (non-hydrogen) atoms. The molecular formula is C19H20F2. The number of rotatable bonds is 5. The minimum Gasteiger partial charge on any atom is -0.204 e. The summed E-state index contributed by atoms with van der Waals surface area (Å²) in [5, 5.41) is 0. The van der Waals surface area contributed by atoms with E-state index in [4.69, 9.17) is 0 Å². The molecule has 2 heteroatoms. The van der Waals surface area contributed by atoms with Crippen LogP contribution in [-0.4, -0.2) is 0 Å². The van der Waals surface area contributed by atoms with Gasteiger partial charge in [0.15, 0.2) is 11.6 Å². The number of hydrogen-bond acceptors (Lipinski definition) is 0. The van der Waals surface area contributed by atoms with Crippen LogP contribution in [0.15, 0.2) is 48.5 Å². The van der Waals surface area contributed by atoms with E-state index in [1.807, 2.05) is 24.3 Å². The molecule has 0 radical (unpaired) electrons. The fourth-order valence-corrected chi connectivity index (χ4v) is 2.33. The van der Waals surface area contributed by atoms with E-state index in [2.05, 4.69) is 26.0 Å². The molecular weight excluding hydrogens is 266 g/mol. The minimum absolute atomic E-state index is 0.296. The van der Waals surface area contributed by atoms with E-state index in [1.54, 1.807) is 6.07 Å². The molecule has 0 aliphatic carbocycles. The third kappa shape index (κ3) is 4.01. The third-order valence-electron chi connectivity index (χ3n) is 3.53. The summed E-state index contributed by atoms with van der Waals surface area (Å²) in [5.41, 5.74) is 2.05. The van der Waals surface area contributed by atoms with E-state index in [0.29, 0.717) is 17.0 Å². The Bertz CT molecular complexity index is 612. The van der Waals surface area contributed by atoms with Gasteiger partial charge in [-0.2, -0.15) is 0 Å². The predicted molar refractivity (Wildman–Crippen MR) is 84.9 cm³/mol. The first-order valence-electron chi connectivity index (χ1n) is 7.34. The van der Waals surface area contributed by atoms with Crippen molar-refractivity contribution >= 4 is 6.08 Å². The fraction of sp³-hybridized carbons (Fsp3) is 0.263. The lowest BCUT2D eigenvalue weighted by atomic mass is 10.0. The Labute approximate surface area is 125 Å². The van der Waals surface area contributed by atoms with Gasteiger partial charge in [0, 0.05) is 5.56 Å². The maximum Gasteiger partial charge on any atom is 0.166 e. The van der Waals surface area contributed by atoms with Crippen molar-refractivity contribution in [2.75, 3.05) is 0 Å². The van der Waals surface area contributed by atoms with Gasteiger partial charge in [-0.15, -0.1) is 0 Å². The summed E-state index contributed by atoms with van der Waals surface area (Å²) in [4.78, 5) is 0. The number of halogens is 2.